The van der Waals surface area contributed by atoms with E-state index in [-0.39, 0.29) is 11.7 Å². The van der Waals surface area contributed by atoms with Crippen LogP contribution >= 0.6 is 0 Å². The average Bonchev–Trinajstić information content (AvgIpc) is 2.94. The predicted molar refractivity (Wildman–Crippen MR) is 74.4 cm³/mol. The fourth-order valence-electron chi connectivity index (χ4n) is 2.90. The number of piperidine rings is 1. The van der Waals surface area contributed by atoms with Gasteiger partial charge in [0.05, 0.1) is 26.9 Å². The Hall–Kier alpha value is -1.79. The Balaban J connectivity index is 1.76. The third-order valence-electron chi connectivity index (χ3n) is 3.94. The van der Waals surface area contributed by atoms with Gasteiger partial charge in [0.25, 0.3) is 5.91 Å². The van der Waals surface area contributed by atoms with Crippen molar-refractivity contribution in [1.29, 1.82) is 0 Å². The van der Waals surface area contributed by atoms with E-state index in [0.29, 0.717) is 37.6 Å². The summed E-state index contributed by atoms with van der Waals surface area (Å²) in [7, 11) is 1.47. The summed E-state index contributed by atoms with van der Waals surface area (Å²) in [4.78, 5) is 14.3. The number of hydrogen-bond donors (Lipinski definition) is 1. The summed E-state index contributed by atoms with van der Waals surface area (Å²) in [5, 5.41) is 9.80. The molecule has 0 unspecified atom stereocenters. The normalized spacial score (nSPS) is 20.7. The van der Waals surface area contributed by atoms with Gasteiger partial charge in [-0.3, -0.25) is 4.79 Å². The molecule has 1 amide bonds. The van der Waals surface area contributed by atoms with E-state index in [9.17, 15) is 9.90 Å². The quantitative estimate of drug-likeness (QED) is 0.892. The largest absolute Gasteiger partial charge is 0.504 e. The molecule has 21 heavy (non-hydrogen) atoms. The van der Waals surface area contributed by atoms with E-state index in [0.717, 1.165) is 12.8 Å². The second-order valence-electron chi connectivity index (χ2n) is 5.32. The summed E-state index contributed by atoms with van der Waals surface area (Å²) in [6.45, 7) is 2.25. The maximum absolute atomic E-state index is 12.6. The number of hydrogen-bond acceptors (Lipinski definition) is 5. The van der Waals surface area contributed by atoms with Gasteiger partial charge in [0.15, 0.2) is 17.3 Å². The van der Waals surface area contributed by atoms with Crippen LogP contribution in [-0.4, -0.2) is 55.1 Å². The summed E-state index contributed by atoms with van der Waals surface area (Å²) in [5.41, 5.74) is 0.434. The first-order valence-electron chi connectivity index (χ1n) is 7.08. The molecule has 0 radical (unpaired) electrons. The summed E-state index contributed by atoms with van der Waals surface area (Å²) < 4.78 is 16.3. The molecule has 2 heterocycles. The Labute approximate surface area is 123 Å². The number of methoxy groups -OCH3 is 1. The van der Waals surface area contributed by atoms with Crippen molar-refractivity contribution in [2.75, 3.05) is 33.4 Å². The minimum Gasteiger partial charge on any atom is -0.504 e. The van der Waals surface area contributed by atoms with Crippen molar-refractivity contribution in [2.45, 2.75) is 18.6 Å². The third-order valence-corrected chi connectivity index (χ3v) is 3.94. The molecule has 0 aromatic heterocycles. The van der Waals surface area contributed by atoms with Gasteiger partial charge in [-0.25, -0.2) is 0 Å². The highest BCUT2D eigenvalue weighted by Gasteiger charge is 2.42. The minimum atomic E-state index is -0.636. The van der Waals surface area contributed by atoms with Crippen LogP contribution in [0.3, 0.4) is 0 Å². The third kappa shape index (κ3) is 2.69. The van der Waals surface area contributed by atoms with Gasteiger partial charge in [-0.15, -0.1) is 0 Å². The molecule has 0 saturated carbocycles. The minimum absolute atomic E-state index is 0.0385. The first-order chi connectivity index (χ1) is 10.1. The van der Waals surface area contributed by atoms with Crippen LogP contribution in [0.1, 0.15) is 23.2 Å². The zero-order valence-corrected chi connectivity index (χ0v) is 12.0. The lowest BCUT2D eigenvalue weighted by atomic mass is 10.0. The van der Waals surface area contributed by atoms with E-state index in [1.54, 1.807) is 17.0 Å². The van der Waals surface area contributed by atoms with Gasteiger partial charge in [-0.05, 0) is 24.6 Å². The second-order valence-corrected chi connectivity index (χ2v) is 5.32. The molecule has 6 nitrogen and oxygen atoms in total. The van der Waals surface area contributed by atoms with E-state index in [1.807, 2.05) is 0 Å². The topological polar surface area (TPSA) is 68.2 Å². The number of phenols is 1. The van der Waals surface area contributed by atoms with Crippen molar-refractivity contribution in [3.8, 4) is 11.5 Å². The predicted octanol–water partition coefficient (Wildman–Crippen LogP) is 1.38. The van der Waals surface area contributed by atoms with E-state index in [1.165, 1.54) is 13.2 Å². The molecule has 3 rings (SSSR count). The first-order valence-corrected chi connectivity index (χ1v) is 7.08. The molecule has 2 aliphatic rings. The lowest BCUT2D eigenvalue weighted by molar-refractivity contribution is -0.183. The number of rotatable bonds is 2. The molecule has 2 aliphatic heterocycles. The number of benzene rings is 1. The van der Waals surface area contributed by atoms with Crippen LogP contribution in [0.25, 0.3) is 0 Å². The number of nitrogens with zero attached hydrogens (tertiary/aromatic N) is 1. The second kappa shape index (κ2) is 5.54. The molecule has 1 spiro atoms. The molecular formula is C15H19NO5. The van der Waals surface area contributed by atoms with Crippen LogP contribution in [0.5, 0.6) is 11.5 Å². The number of ether oxygens (including phenoxy) is 3. The van der Waals surface area contributed by atoms with Crippen molar-refractivity contribution in [3.63, 3.8) is 0 Å². The van der Waals surface area contributed by atoms with Gasteiger partial charge < -0.3 is 24.2 Å². The number of aromatic hydroxyl groups is 1. The van der Waals surface area contributed by atoms with E-state index >= 15 is 0 Å². The summed E-state index contributed by atoms with van der Waals surface area (Å²) in [6, 6.07) is 4.67. The molecule has 0 atom stereocenters. The SMILES string of the molecule is COc1ccc(C(=O)N2CCCC3(C2)OCCO3)cc1O. The van der Waals surface area contributed by atoms with Gasteiger partial charge in [-0.1, -0.05) is 0 Å². The van der Waals surface area contributed by atoms with Gasteiger partial charge >= 0.3 is 0 Å². The molecule has 1 aromatic rings. The summed E-state index contributed by atoms with van der Waals surface area (Å²) in [5.74, 6) is -0.457. The highest BCUT2D eigenvalue weighted by Crippen LogP contribution is 2.32. The zero-order chi connectivity index (χ0) is 14.9. The van der Waals surface area contributed by atoms with E-state index in [4.69, 9.17) is 14.2 Å². The van der Waals surface area contributed by atoms with Crippen LogP contribution in [0.2, 0.25) is 0 Å². The molecule has 114 valence electrons. The monoisotopic (exact) mass is 293 g/mol. The molecule has 1 N–H and O–H groups in total. The highest BCUT2D eigenvalue weighted by molar-refractivity contribution is 5.95. The number of likely N-dealkylation sites (tertiary alicyclic amines) is 1. The number of carbonyl (C=O) groups excluding carboxylic acids is 1. The molecule has 2 fully saturated rings. The van der Waals surface area contributed by atoms with Crippen molar-refractivity contribution >= 4 is 5.91 Å². The Morgan fingerprint density at radius 2 is 2.14 bits per heavy atom. The number of carbonyl (C=O) groups is 1. The number of phenolic OH excluding ortho intramolecular Hbond substituents is 1. The Bertz CT molecular complexity index is 539. The first kappa shape index (κ1) is 14.2. The summed E-state index contributed by atoms with van der Waals surface area (Å²) >= 11 is 0. The number of amides is 1. The molecule has 2 saturated heterocycles. The van der Waals surface area contributed by atoms with E-state index in [2.05, 4.69) is 0 Å². The van der Waals surface area contributed by atoms with Crippen LogP contribution in [0.15, 0.2) is 18.2 Å². The zero-order valence-electron chi connectivity index (χ0n) is 12.0. The molecule has 6 heteroatoms. The molecule has 0 bridgehead atoms. The lowest BCUT2D eigenvalue weighted by Gasteiger charge is -2.38. The Kier molecular flexibility index (Phi) is 3.73. The fraction of sp³-hybridized carbons (Fsp3) is 0.533. The van der Waals surface area contributed by atoms with Crippen LogP contribution in [0.4, 0.5) is 0 Å². The Morgan fingerprint density at radius 3 is 2.81 bits per heavy atom. The van der Waals surface area contributed by atoms with E-state index < -0.39 is 5.79 Å². The standard InChI is InChI=1S/C15H19NO5/c1-19-13-4-3-11(9-12(13)17)14(18)16-6-2-5-15(10-16)20-7-8-21-15/h3-4,9,17H,2,5-8,10H2,1H3. The van der Waals surface area contributed by atoms with Crippen LogP contribution < -0.4 is 4.74 Å². The lowest BCUT2D eigenvalue weighted by Crippen LogP contribution is -2.51. The van der Waals surface area contributed by atoms with Gasteiger partial charge in [-0.2, -0.15) is 0 Å². The van der Waals surface area contributed by atoms with Crippen LogP contribution in [-0.2, 0) is 9.47 Å². The van der Waals surface area contributed by atoms with Crippen molar-refractivity contribution < 1.29 is 24.1 Å². The van der Waals surface area contributed by atoms with Crippen molar-refractivity contribution in [3.05, 3.63) is 23.8 Å². The maximum atomic E-state index is 12.6. The average molecular weight is 293 g/mol. The smallest absolute Gasteiger partial charge is 0.254 e. The molecular weight excluding hydrogens is 274 g/mol. The van der Waals surface area contributed by atoms with Gasteiger partial charge in [0, 0.05) is 18.5 Å². The van der Waals surface area contributed by atoms with Crippen LogP contribution in [0, 0.1) is 0 Å². The summed E-state index contributed by atoms with van der Waals surface area (Å²) in [6.07, 6.45) is 1.65. The molecule has 0 aliphatic carbocycles. The van der Waals surface area contributed by atoms with Crippen molar-refractivity contribution in [2.24, 2.45) is 0 Å². The maximum Gasteiger partial charge on any atom is 0.254 e. The fourth-order valence-corrected chi connectivity index (χ4v) is 2.90. The van der Waals surface area contributed by atoms with Gasteiger partial charge in [0.1, 0.15) is 0 Å². The van der Waals surface area contributed by atoms with Gasteiger partial charge in [0.2, 0.25) is 0 Å². The highest BCUT2D eigenvalue weighted by atomic mass is 16.7. The molecule has 1 aromatic carbocycles. The van der Waals surface area contributed by atoms with Crippen molar-refractivity contribution in [1.82, 2.24) is 4.90 Å². The Morgan fingerprint density at radius 1 is 1.38 bits per heavy atom.